The number of halogens is 3. The predicted molar refractivity (Wildman–Crippen MR) is 118 cm³/mol. The van der Waals surface area contributed by atoms with Gasteiger partial charge in [0.1, 0.15) is 6.07 Å². The molecule has 2 aromatic rings. The average molecular weight is 459 g/mol. The summed E-state index contributed by atoms with van der Waals surface area (Å²) < 4.78 is 42.0. The predicted octanol–water partition coefficient (Wildman–Crippen LogP) is 4.63. The lowest BCUT2D eigenvalue weighted by Gasteiger charge is -2.46. The van der Waals surface area contributed by atoms with Crippen LogP contribution >= 0.6 is 0 Å². The van der Waals surface area contributed by atoms with E-state index < -0.39 is 29.0 Å². The molecule has 2 N–H and O–H groups in total. The van der Waals surface area contributed by atoms with Crippen LogP contribution < -0.4 is 5.73 Å². The fraction of sp³-hybridized carbons (Fsp3) is 0.269. The first kappa shape index (κ1) is 23.1. The van der Waals surface area contributed by atoms with Gasteiger partial charge in [0.05, 0.1) is 29.0 Å². The average Bonchev–Trinajstić information content (AvgIpc) is 2.84. The number of hydrogen-bond donors (Lipinski definition) is 1. The van der Waals surface area contributed by atoms with Gasteiger partial charge in [-0.2, -0.15) is 29.0 Å². The summed E-state index contributed by atoms with van der Waals surface area (Å²) in [7, 11) is 0. The van der Waals surface area contributed by atoms with Crippen molar-refractivity contribution in [2.24, 2.45) is 17.1 Å². The van der Waals surface area contributed by atoms with E-state index in [0.717, 1.165) is 11.6 Å². The molecule has 2 aromatic carbocycles. The van der Waals surface area contributed by atoms with Gasteiger partial charge in [-0.25, -0.2) is 0 Å². The molecule has 4 rings (SSSR count). The molecule has 0 aromatic heterocycles. The fourth-order valence-electron chi connectivity index (χ4n) is 5.08. The van der Waals surface area contributed by atoms with Crippen molar-refractivity contribution in [1.29, 1.82) is 15.8 Å². The van der Waals surface area contributed by atoms with E-state index in [4.69, 9.17) is 5.73 Å². The van der Waals surface area contributed by atoms with E-state index in [1.54, 1.807) is 6.08 Å². The van der Waals surface area contributed by atoms with Crippen molar-refractivity contribution in [2.75, 3.05) is 13.1 Å². The lowest BCUT2D eigenvalue weighted by Crippen LogP contribution is -2.48. The fourth-order valence-corrected chi connectivity index (χ4v) is 5.08. The molecule has 0 bridgehead atoms. The van der Waals surface area contributed by atoms with E-state index in [1.165, 1.54) is 18.2 Å². The molecule has 170 valence electrons. The van der Waals surface area contributed by atoms with Crippen molar-refractivity contribution in [2.45, 2.75) is 18.6 Å². The van der Waals surface area contributed by atoms with Crippen molar-refractivity contribution in [1.82, 2.24) is 4.90 Å². The van der Waals surface area contributed by atoms with Crippen LogP contribution in [-0.4, -0.2) is 18.0 Å². The van der Waals surface area contributed by atoms with Crippen LogP contribution in [0, 0.1) is 45.3 Å². The normalized spacial score (nSPS) is 22.1. The number of alkyl halides is 3. The summed E-state index contributed by atoms with van der Waals surface area (Å²) in [4.78, 5) is 2.03. The molecule has 0 fully saturated rings. The molecule has 0 unspecified atom stereocenters. The monoisotopic (exact) mass is 459 g/mol. The Hall–Kier alpha value is -4.06. The van der Waals surface area contributed by atoms with E-state index in [9.17, 15) is 29.0 Å². The van der Waals surface area contributed by atoms with E-state index in [0.29, 0.717) is 18.7 Å². The largest absolute Gasteiger partial charge is 0.416 e. The number of rotatable bonds is 3. The van der Waals surface area contributed by atoms with Gasteiger partial charge in [0.15, 0.2) is 5.41 Å². The quantitative estimate of drug-likeness (QED) is 0.721. The second kappa shape index (κ2) is 8.71. The minimum absolute atomic E-state index is 0.00759. The Balaban J connectivity index is 1.92. The number of hydrogen-bond acceptors (Lipinski definition) is 5. The maximum Gasteiger partial charge on any atom is 0.416 e. The molecule has 0 saturated heterocycles. The van der Waals surface area contributed by atoms with Crippen LogP contribution in [0.15, 0.2) is 77.5 Å². The van der Waals surface area contributed by atoms with Gasteiger partial charge in [0.25, 0.3) is 0 Å². The summed E-state index contributed by atoms with van der Waals surface area (Å²) in [6.45, 7) is 1.25. The molecular formula is C26H20F3N5. The van der Waals surface area contributed by atoms with E-state index in [1.807, 2.05) is 53.4 Å². The SMILES string of the molecule is N#CC1=C(N)C(C#N)(C#N)[C@H](c2ccccc2C(F)(F)F)[C@@H]2CN(Cc3ccccc3)CC=C12. The molecule has 0 saturated carbocycles. The molecule has 5 nitrogen and oxygen atoms in total. The van der Waals surface area contributed by atoms with Crippen LogP contribution in [0.25, 0.3) is 0 Å². The summed E-state index contributed by atoms with van der Waals surface area (Å²) in [6.07, 6.45) is -2.91. The van der Waals surface area contributed by atoms with E-state index >= 15 is 0 Å². The summed E-state index contributed by atoms with van der Waals surface area (Å²) >= 11 is 0. The Labute approximate surface area is 195 Å². The molecule has 34 heavy (non-hydrogen) atoms. The minimum atomic E-state index is -4.69. The number of nitrogens with two attached hydrogens (primary N) is 1. The van der Waals surface area contributed by atoms with Gasteiger partial charge >= 0.3 is 6.18 Å². The van der Waals surface area contributed by atoms with Crippen LogP contribution in [0.2, 0.25) is 0 Å². The van der Waals surface area contributed by atoms with Gasteiger partial charge in [-0.15, -0.1) is 0 Å². The van der Waals surface area contributed by atoms with Crippen LogP contribution in [0.5, 0.6) is 0 Å². The lowest BCUT2D eigenvalue weighted by molar-refractivity contribution is -0.138. The number of fused-ring (bicyclic) bond motifs is 1. The van der Waals surface area contributed by atoms with E-state index in [2.05, 4.69) is 0 Å². The highest BCUT2D eigenvalue weighted by Gasteiger charge is 2.56. The summed E-state index contributed by atoms with van der Waals surface area (Å²) in [6, 6.07) is 20.4. The number of allylic oxidation sites excluding steroid dienone is 2. The van der Waals surface area contributed by atoms with E-state index in [-0.39, 0.29) is 23.4 Å². The zero-order chi connectivity index (χ0) is 24.5. The van der Waals surface area contributed by atoms with Gasteiger partial charge in [0, 0.05) is 31.5 Å². The highest BCUT2D eigenvalue weighted by atomic mass is 19.4. The third-order valence-corrected chi connectivity index (χ3v) is 6.59. The Morgan fingerprint density at radius 1 is 1.00 bits per heavy atom. The highest BCUT2D eigenvalue weighted by Crippen LogP contribution is 2.55. The third-order valence-electron chi connectivity index (χ3n) is 6.59. The molecule has 0 radical (unpaired) electrons. The molecule has 0 spiro atoms. The molecule has 2 atom stereocenters. The number of benzene rings is 2. The van der Waals surface area contributed by atoms with Crippen molar-refractivity contribution < 1.29 is 13.2 Å². The summed E-state index contributed by atoms with van der Waals surface area (Å²) in [5.74, 6) is -1.91. The van der Waals surface area contributed by atoms with Crippen molar-refractivity contribution in [3.05, 3.63) is 94.2 Å². The second-order valence-corrected chi connectivity index (χ2v) is 8.44. The zero-order valence-corrected chi connectivity index (χ0v) is 18.0. The molecule has 1 aliphatic heterocycles. The maximum absolute atomic E-state index is 14.0. The Bertz CT molecular complexity index is 1270. The Morgan fingerprint density at radius 2 is 1.65 bits per heavy atom. The molecule has 1 aliphatic carbocycles. The van der Waals surface area contributed by atoms with Crippen LogP contribution in [0.4, 0.5) is 13.2 Å². The van der Waals surface area contributed by atoms with Gasteiger partial charge in [-0.3, -0.25) is 4.90 Å². The molecule has 2 aliphatic rings. The Kier molecular flexibility index (Phi) is 5.92. The molecular weight excluding hydrogens is 439 g/mol. The molecule has 8 heteroatoms. The minimum Gasteiger partial charge on any atom is -0.399 e. The van der Waals surface area contributed by atoms with Gasteiger partial charge in [-0.1, -0.05) is 54.6 Å². The first-order chi connectivity index (χ1) is 16.3. The standard InChI is InChI=1S/C26H20F3N5/c27-26(28,29)22-9-5-4-8-19(22)23-21-14-34(13-17-6-2-1-3-7-17)11-10-18(21)20(12-30)24(33)25(23,15-31)16-32/h1-10,21,23H,11,13-14,33H2/t21-,23-/m1/s1. The Morgan fingerprint density at radius 3 is 2.26 bits per heavy atom. The van der Waals surface area contributed by atoms with Gasteiger partial charge in [0.2, 0.25) is 0 Å². The van der Waals surface area contributed by atoms with Gasteiger partial charge < -0.3 is 5.73 Å². The van der Waals surface area contributed by atoms with Crippen LogP contribution in [0.1, 0.15) is 22.6 Å². The van der Waals surface area contributed by atoms with Crippen LogP contribution in [0.3, 0.4) is 0 Å². The second-order valence-electron chi connectivity index (χ2n) is 8.44. The first-order valence-corrected chi connectivity index (χ1v) is 10.6. The number of nitrogens with zero attached hydrogens (tertiary/aromatic N) is 4. The highest BCUT2D eigenvalue weighted by molar-refractivity contribution is 5.60. The summed E-state index contributed by atoms with van der Waals surface area (Å²) in [5.41, 5.74) is 4.24. The number of nitriles is 3. The smallest absolute Gasteiger partial charge is 0.399 e. The molecule has 1 heterocycles. The zero-order valence-electron chi connectivity index (χ0n) is 18.0. The van der Waals surface area contributed by atoms with Crippen molar-refractivity contribution in [3.63, 3.8) is 0 Å². The summed E-state index contributed by atoms with van der Waals surface area (Å²) in [5, 5.41) is 30.1. The van der Waals surface area contributed by atoms with Crippen molar-refractivity contribution in [3.8, 4) is 18.2 Å². The topological polar surface area (TPSA) is 101 Å². The maximum atomic E-state index is 14.0. The third kappa shape index (κ3) is 3.71. The van der Waals surface area contributed by atoms with Crippen LogP contribution in [-0.2, 0) is 12.7 Å². The van der Waals surface area contributed by atoms with Crippen molar-refractivity contribution >= 4 is 0 Å². The van der Waals surface area contributed by atoms with Gasteiger partial charge in [-0.05, 0) is 22.8 Å². The first-order valence-electron chi connectivity index (χ1n) is 10.6. The lowest BCUT2D eigenvalue weighted by atomic mass is 9.57. The molecule has 0 amide bonds.